The summed E-state index contributed by atoms with van der Waals surface area (Å²) in [6.45, 7) is 13.6. The average molecular weight is 293 g/mol. The van der Waals surface area contributed by atoms with E-state index in [0.717, 1.165) is 18.1 Å². The second-order valence-corrected chi connectivity index (χ2v) is 8.34. The van der Waals surface area contributed by atoms with Crippen molar-refractivity contribution >= 4 is 0 Å². The Morgan fingerprint density at radius 1 is 1.00 bits per heavy atom. The Kier molecular flexibility index (Phi) is 4.92. The molecule has 3 rings (SSSR count). The lowest BCUT2D eigenvalue weighted by Crippen LogP contribution is -2.59. The van der Waals surface area contributed by atoms with Gasteiger partial charge in [0.2, 0.25) is 0 Å². The minimum Gasteiger partial charge on any atom is -0.312 e. The molecule has 21 heavy (non-hydrogen) atoms. The van der Waals surface area contributed by atoms with Crippen molar-refractivity contribution < 1.29 is 0 Å². The largest absolute Gasteiger partial charge is 0.312 e. The predicted molar refractivity (Wildman–Crippen MR) is 89.7 cm³/mol. The van der Waals surface area contributed by atoms with Crippen LogP contribution in [0.25, 0.3) is 0 Å². The van der Waals surface area contributed by atoms with Gasteiger partial charge in [0.25, 0.3) is 0 Å². The first-order valence-electron chi connectivity index (χ1n) is 9.30. The molecule has 3 nitrogen and oxygen atoms in total. The molecule has 0 spiro atoms. The van der Waals surface area contributed by atoms with Crippen LogP contribution in [0.5, 0.6) is 0 Å². The molecule has 2 aliphatic carbocycles. The first-order chi connectivity index (χ1) is 10.1. The number of nitrogens with zero attached hydrogens (tertiary/aromatic N) is 2. The van der Waals surface area contributed by atoms with Crippen LogP contribution >= 0.6 is 0 Å². The molecule has 2 atom stereocenters. The van der Waals surface area contributed by atoms with Crippen LogP contribution in [0.2, 0.25) is 0 Å². The lowest BCUT2D eigenvalue weighted by molar-refractivity contribution is 0.0269. The maximum atomic E-state index is 3.85. The van der Waals surface area contributed by atoms with Gasteiger partial charge in [-0.15, -0.1) is 0 Å². The minimum absolute atomic E-state index is 0.530. The lowest BCUT2D eigenvalue weighted by atomic mass is 9.72. The molecule has 0 aromatic carbocycles. The third-order valence-electron chi connectivity index (χ3n) is 5.90. The zero-order valence-corrected chi connectivity index (χ0v) is 14.4. The molecule has 3 aliphatic rings. The van der Waals surface area contributed by atoms with E-state index in [9.17, 15) is 0 Å². The van der Waals surface area contributed by atoms with E-state index in [-0.39, 0.29) is 0 Å². The van der Waals surface area contributed by atoms with Crippen molar-refractivity contribution in [3.05, 3.63) is 0 Å². The number of piperazine rings is 1. The zero-order chi connectivity index (χ0) is 14.9. The molecule has 1 saturated heterocycles. The predicted octanol–water partition coefficient (Wildman–Crippen LogP) is 2.71. The number of hydrogen-bond donors (Lipinski definition) is 1. The van der Waals surface area contributed by atoms with E-state index in [1.807, 2.05) is 0 Å². The Bertz CT molecular complexity index is 329. The second kappa shape index (κ2) is 6.55. The molecule has 0 aromatic rings. The lowest BCUT2D eigenvalue weighted by Gasteiger charge is -2.48. The smallest absolute Gasteiger partial charge is 0.0255 e. The van der Waals surface area contributed by atoms with Gasteiger partial charge in [0.05, 0.1) is 0 Å². The van der Waals surface area contributed by atoms with E-state index >= 15 is 0 Å². The highest BCUT2D eigenvalue weighted by Crippen LogP contribution is 2.38. The molecule has 1 N–H and O–H groups in total. The summed E-state index contributed by atoms with van der Waals surface area (Å²) in [5.74, 6) is 0. The summed E-state index contributed by atoms with van der Waals surface area (Å²) in [6, 6.07) is 2.44. The highest BCUT2D eigenvalue weighted by molar-refractivity contribution is 4.97. The number of nitrogens with one attached hydrogen (secondary N) is 1. The molecule has 0 radical (unpaired) electrons. The van der Waals surface area contributed by atoms with Gasteiger partial charge in [0.1, 0.15) is 0 Å². The Labute approximate surface area is 131 Å². The van der Waals surface area contributed by atoms with Gasteiger partial charge >= 0.3 is 0 Å². The van der Waals surface area contributed by atoms with Crippen LogP contribution in [0, 0.1) is 5.41 Å². The van der Waals surface area contributed by atoms with Crippen LogP contribution in [-0.2, 0) is 0 Å². The summed E-state index contributed by atoms with van der Waals surface area (Å²) in [5, 5.41) is 3.85. The molecule has 3 heteroatoms. The van der Waals surface area contributed by atoms with Gasteiger partial charge in [-0.05, 0) is 50.5 Å². The molecule has 1 aliphatic heterocycles. The van der Waals surface area contributed by atoms with Crippen LogP contribution in [0.1, 0.15) is 59.3 Å². The minimum atomic E-state index is 0.530. The number of hydrogen-bond acceptors (Lipinski definition) is 3. The van der Waals surface area contributed by atoms with Gasteiger partial charge in [0, 0.05) is 44.3 Å². The SMILES string of the molecule is CCCNC1CCC(C)(C)CC1N1CCN(C2CC2)CC1. The Balaban J connectivity index is 1.58. The van der Waals surface area contributed by atoms with Crippen LogP contribution in [0.15, 0.2) is 0 Å². The van der Waals surface area contributed by atoms with E-state index in [2.05, 4.69) is 35.9 Å². The molecule has 0 aromatic heterocycles. The highest BCUT2D eigenvalue weighted by Gasteiger charge is 2.40. The van der Waals surface area contributed by atoms with Gasteiger partial charge in [-0.3, -0.25) is 9.80 Å². The summed E-state index contributed by atoms with van der Waals surface area (Å²) >= 11 is 0. The Morgan fingerprint density at radius 2 is 1.67 bits per heavy atom. The summed E-state index contributed by atoms with van der Waals surface area (Å²) in [7, 11) is 0. The molecule has 2 unspecified atom stereocenters. The highest BCUT2D eigenvalue weighted by atomic mass is 15.3. The molecule has 0 amide bonds. The first kappa shape index (κ1) is 15.8. The van der Waals surface area contributed by atoms with Crippen molar-refractivity contribution in [3.63, 3.8) is 0 Å². The van der Waals surface area contributed by atoms with Crippen molar-refractivity contribution in [1.82, 2.24) is 15.1 Å². The standard InChI is InChI=1S/C18H35N3/c1-4-9-19-16-7-8-18(2,3)14-17(16)21-12-10-20(11-13-21)15-5-6-15/h15-17,19H,4-14H2,1-3H3. The van der Waals surface area contributed by atoms with E-state index < -0.39 is 0 Å². The fourth-order valence-corrected chi connectivity index (χ4v) is 4.37. The van der Waals surface area contributed by atoms with Gasteiger partial charge < -0.3 is 5.32 Å². The molecule has 3 fully saturated rings. The molecular formula is C18H35N3. The summed E-state index contributed by atoms with van der Waals surface area (Å²) in [6.07, 6.45) is 8.28. The van der Waals surface area contributed by atoms with Crippen LogP contribution < -0.4 is 5.32 Å². The molecule has 0 bridgehead atoms. The fraction of sp³-hybridized carbons (Fsp3) is 1.00. The van der Waals surface area contributed by atoms with Gasteiger partial charge in [0.15, 0.2) is 0 Å². The van der Waals surface area contributed by atoms with Crippen LogP contribution in [0.4, 0.5) is 0 Å². The van der Waals surface area contributed by atoms with Gasteiger partial charge in [-0.1, -0.05) is 20.8 Å². The van der Waals surface area contributed by atoms with Crippen LogP contribution in [-0.4, -0.2) is 60.6 Å². The Morgan fingerprint density at radius 3 is 2.29 bits per heavy atom. The summed E-state index contributed by atoms with van der Waals surface area (Å²) < 4.78 is 0. The van der Waals surface area contributed by atoms with E-state index in [1.165, 1.54) is 71.2 Å². The molecular weight excluding hydrogens is 258 g/mol. The van der Waals surface area contributed by atoms with E-state index in [4.69, 9.17) is 0 Å². The molecule has 2 saturated carbocycles. The van der Waals surface area contributed by atoms with Gasteiger partial charge in [-0.2, -0.15) is 0 Å². The van der Waals surface area contributed by atoms with Crippen molar-refractivity contribution in [2.24, 2.45) is 5.41 Å². The second-order valence-electron chi connectivity index (χ2n) is 8.34. The van der Waals surface area contributed by atoms with Gasteiger partial charge in [-0.25, -0.2) is 0 Å². The third kappa shape index (κ3) is 4.00. The third-order valence-corrected chi connectivity index (χ3v) is 5.90. The summed E-state index contributed by atoms with van der Waals surface area (Å²) in [4.78, 5) is 5.55. The maximum Gasteiger partial charge on any atom is 0.0255 e. The summed E-state index contributed by atoms with van der Waals surface area (Å²) in [5.41, 5.74) is 0.530. The normalized spacial score (nSPS) is 35.0. The maximum absolute atomic E-state index is 3.85. The Hall–Kier alpha value is -0.120. The van der Waals surface area contributed by atoms with Crippen LogP contribution in [0.3, 0.4) is 0 Å². The van der Waals surface area contributed by atoms with E-state index in [1.54, 1.807) is 0 Å². The number of rotatable bonds is 5. The monoisotopic (exact) mass is 293 g/mol. The fourth-order valence-electron chi connectivity index (χ4n) is 4.37. The van der Waals surface area contributed by atoms with E-state index in [0.29, 0.717) is 5.41 Å². The van der Waals surface area contributed by atoms with Crippen molar-refractivity contribution in [3.8, 4) is 0 Å². The zero-order valence-electron chi connectivity index (χ0n) is 14.4. The van der Waals surface area contributed by atoms with Crippen molar-refractivity contribution in [2.45, 2.75) is 77.4 Å². The first-order valence-corrected chi connectivity index (χ1v) is 9.30. The average Bonchev–Trinajstić information content (AvgIpc) is 3.30. The molecule has 1 heterocycles. The van der Waals surface area contributed by atoms with Crippen molar-refractivity contribution in [1.29, 1.82) is 0 Å². The molecule has 122 valence electrons. The topological polar surface area (TPSA) is 18.5 Å². The quantitative estimate of drug-likeness (QED) is 0.841. The van der Waals surface area contributed by atoms with Crippen molar-refractivity contribution in [2.75, 3.05) is 32.7 Å².